The van der Waals surface area contributed by atoms with Gasteiger partial charge in [-0.15, -0.1) is 0 Å². The number of dihydropyridines is 1. The van der Waals surface area contributed by atoms with Gasteiger partial charge in [-0.2, -0.15) is 0 Å². The quantitative estimate of drug-likeness (QED) is 0.771. The lowest BCUT2D eigenvalue weighted by atomic mass is 10.1. The molecule has 0 radical (unpaired) electrons. The summed E-state index contributed by atoms with van der Waals surface area (Å²) in [5.74, 6) is 1.85. The molecule has 1 aromatic carbocycles. The molecule has 2 heteroatoms. The van der Waals surface area contributed by atoms with Gasteiger partial charge in [0.15, 0.2) is 5.88 Å². The van der Waals surface area contributed by atoms with E-state index in [9.17, 15) is 0 Å². The standard InChI is InChI=1S/C14H13NO/c1-2-5-11(6-3-1)13-9-8-12-7-4-10-15-14(12)16-13/h1-7,9,15H,8,10H2. The van der Waals surface area contributed by atoms with Crippen molar-refractivity contribution in [3.8, 4) is 0 Å². The lowest BCUT2D eigenvalue weighted by molar-refractivity contribution is 0.332. The average Bonchev–Trinajstić information content (AvgIpc) is 2.39. The summed E-state index contributed by atoms with van der Waals surface area (Å²) >= 11 is 0. The lowest BCUT2D eigenvalue weighted by Gasteiger charge is -2.23. The molecule has 2 aliphatic rings. The second kappa shape index (κ2) is 3.89. The van der Waals surface area contributed by atoms with Crippen molar-refractivity contribution in [1.29, 1.82) is 0 Å². The number of ether oxygens (including phenoxy) is 1. The molecule has 0 aliphatic carbocycles. The molecule has 16 heavy (non-hydrogen) atoms. The van der Waals surface area contributed by atoms with Crippen molar-refractivity contribution < 1.29 is 4.74 Å². The van der Waals surface area contributed by atoms with Crippen molar-refractivity contribution in [2.45, 2.75) is 6.42 Å². The normalized spacial score (nSPS) is 18.4. The number of benzene rings is 1. The van der Waals surface area contributed by atoms with Crippen molar-refractivity contribution in [3.05, 3.63) is 65.6 Å². The van der Waals surface area contributed by atoms with Gasteiger partial charge >= 0.3 is 0 Å². The molecule has 0 fully saturated rings. The highest BCUT2D eigenvalue weighted by Crippen LogP contribution is 2.28. The molecule has 0 saturated carbocycles. The van der Waals surface area contributed by atoms with Crippen LogP contribution in [0.3, 0.4) is 0 Å². The SMILES string of the molecule is C1=CC2=C(NC1)OC(c1ccccc1)=CC2. The molecule has 0 amide bonds. The van der Waals surface area contributed by atoms with Gasteiger partial charge < -0.3 is 10.1 Å². The van der Waals surface area contributed by atoms with Crippen LogP contribution in [-0.4, -0.2) is 6.54 Å². The third kappa shape index (κ3) is 1.63. The molecule has 0 atom stereocenters. The molecule has 2 nitrogen and oxygen atoms in total. The Hall–Kier alpha value is -1.96. The largest absolute Gasteiger partial charge is 0.441 e. The minimum absolute atomic E-state index is 0.848. The van der Waals surface area contributed by atoms with Crippen LogP contribution >= 0.6 is 0 Å². The second-order valence-corrected chi connectivity index (χ2v) is 3.88. The summed E-state index contributed by atoms with van der Waals surface area (Å²) in [4.78, 5) is 0. The summed E-state index contributed by atoms with van der Waals surface area (Å²) in [5, 5.41) is 3.25. The first kappa shape index (κ1) is 9.28. The molecule has 0 spiro atoms. The zero-order chi connectivity index (χ0) is 10.8. The summed E-state index contributed by atoms with van der Waals surface area (Å²) in [7, 11) is 0. The summed E-state index contributed by atoms with van der Waals surface area (Å²) in [6, 6.07) is 10.2. The molecular formula is C14H13NO. The molecule has 2 aliphatic heterocycles. The Morgan fingerprint density at radius 2 is 2.00 bits per heavy atom. The molecular weight excluding hydrogens is 198 g/mol. The van der Waals surface area contributed by atoms with Gasteiger partial charge in [-0.3, -0.25) is 0 Å². The van der Waals surface area contributed by atoms with E-state index in [0.29, 0.717) is 0 Å². The number of allylic oxidation sites excluding steroid dienone is 3. The van der Waals surface area contributed by atoms with E-state index in [1.807, 2.05) is 18.2 Å². The lowest BCUT2D eigenvalue weighted by Crippen LogP contribution is -2.22. The Kier molecular flexibility index (Phi) is 2.26. The molecule has 3 rings (SSSR count). The minimum atomic E-state index is 0.848. The summed E-state index contributed by atoms with van der Waals surface area (Å²) in [6.45, 7) is 0.848. The predicted molar refractivity (Wildman–Crippen MR) is 64.3 cm³/mol. The number of rotatable bonds is 1. The molecule has 1 N–H and O–H groups in total. The van der Waals surface area contributed by atoms with Crippen molar-refractivity contribution in [1.82, 2.24) is 5.32 Å². The fourth-order valence-corrected chi connectivity index (χ4v) is 1.94. The molecule has 1 aromatic rings. The van der Waals surface area contributed by atoms with Gasteiger partial charge in [0.1, 0.15) is 5.76 Å². The van der Waals surface area contributed by atoms with Gasteiger partial charge in [0.2, 0.25) is 0 Å². The van der Waals surface area contributed by atoms with Gasteiger partial charge in [0.25, 0.3) is 0 Å². The molecule has 2 heterocycles. The van der Waals surface area contributed by atoms with Crippen LogP contribution in [0.25, 0.3) is 5.76 Å². The maximum atomic E-state index is 5.85. The van der Waals surface area contributed by atoms with E-state index in [-0.39, 0.29) is 0 Å². The van der Waals surface area contributed by atoms with E-state index < -0.39 is 0 Å². The van der Waals surface area contributed by atoms with Crippen LogP contribution in [0.4, 0.5) is 0 Å². The van der Waals surface area contributed by atoms with E-state index >= 15 is 0 Å². The van der Waals surface area contributed by atoms with Crippen LogP contribution in [0.2, 0.25) is 0 Å². The second-order valence-electron chi connectivity index (χ2n) is 3.88. The van der Waals surface area contributed by atoms with Crippen molar-refractivity contribution in [3.63, 3.8) is 0 Å². The van der Waals surface area contributed by atoms with Gasteiger partial charge in [-0.05, 0) is 12.5 Å². The molecule has 80 valence electrons. The summed E-state index contributed by atoms with van der Waals surface area (Å²) in [5.41, 5.74) is 2.36. The first-order chi connectivity index (χ1) is 7.93. The summed E-state index contributed by atoms with van der Waals surface area (Å²) in [6.07, 6.45) is 7.31. The predicted octanol–water partition coefficient (Wildman–Crippen LogP) is 2.82. The monoisotopic (exact) mass is 211 g/mol. The Balaban J connectivity index is 1.87. The zero-order valence-corrected chi connectivity index (χ0v) is 8.94. The Labute approximate surface area is 94.9 Å². The number of hydrogen-bond donors (Lipinski definition) is 1. The zero-order valence-electron chi connectivity index (χ0n) is 8.94. The van der Waals surface area contributed by atoms with Gasteiger partial charge in [0, 0.05) is 17.7 Å². The number of hydrogen-bond acceptors (Lipinski definition) is 2. The van der Waals surface area contributed by atoms with Crippen molar-refractivity contribution in [2.75, 3.05) is 6.54 Å². The fraction of sp³-hybridized carbons (Fsp3) is 0.143. The van der Waals surface area contributed by atoms with Crippen molar-refractivity contribution in [2.24, 2.45) is 0 Å². The molecule has 0 aromatic heterocycles. The van der Waals surface area contributed by atoms with Gasteiger partial charge in [0.05, 0.1) is 0 Å². The Bertz CT molecular complexity index is 483. The maximum absolute atomic E-state index is 5.85. The highest BCUT2D eigenvalue weighted by molar-refractivity contribution is 5.62. The van der Waals surface area contributed by atoms with Gasteiger partial charge in [-0.1, -0.05) is 42.5 Å². The van der Waals surface area contributed by atoms with E-state index in [0.717, 1.165) is 30.2 Å². The third-order valence-corrected chi connectivity index (χ3v) is 2.77. The Morgan fingerprint density at radius 3 is 2.88 bits per heavy atom. The van der Waals surface area contributed by atoms with E-state index in [4.69, 9.17) is 4.74 Å². The van der Waals surface area contributed by atoms with Crippen LogP contribution < -0.4 is 5.32 Å². The van der Waals surface area contributed by atoms with Crippen LogP contribution in [0.1, 0.15) is 12.0 Å². The van der Waals surface area contributed by atoms with Crippen LogP contribution in [0, 0.1) is 0 Å². The molecule has 0 unspecified atom stereocenters. The Morgan fingerprint density at radius 1 is 1.12 bits per heavy atom. The molecule has 0 saturated heterocycles. The average molecular weight is 211 g/mol. The highest BCUT2D eigenvalue weighted by Gasteiger charge is 2.16. The smallest absolute Gasteiger partial charge is 0.197 e. The van der Waals surface area contributed by atoms with E-state index in [2.05, 4.69) is 35.7 Å². The fourth-order valence-electron chi connectivity index (χ4n) is 1.94. The van der Waals surface area contributed by atoms with Crippen molar-refractivity contribution >= 4 is 5.76 Å². The van der Waals surface area contributed by atoms with E-state index in [1.54, 1.807) is 0 Å². The maximum Gasteiger partial charge on any atom is 0.197 e. The third-order valence-electron chi connectivity index (χ3n) is 2.77. The first-order valence-electron chi connectivity index (χ1n) is 5.50. The van der Waals surface area contributed by atoms with Crippen LogP contribution in [0.15, 0.2) is 60.0 Å². The minimum Gasteiger partial charge on any atom is -0.441 e. The number of nitrogens with one attached hydrogen (secondary N) is 1. The highest BCUT2D eigenvalue weighted by atomic mass is 16.5. The topological polar surface area (TPSA) is 21.3 Å². The van der Waals surface area contributed by atoms with Crippen LogP contribution in [-0.2, 0) is 4.74 Å². The van der Waals surface area contributed by atoms with Crippen LogP contribution in [0.5, 0.6) is 0 Å². The first-order valence-corrected chi connectivity index (χ1v) is 5.50. The summed E-state index contributed by atoms with van der Waals surface area (Å²) < 4.78 is 5.85. The van der Waals surface area contributed by atoms with Gasteiger partial charge in [-0.25, -0.2) is 0 Å². The molecule has 0 bridgehead atoms. The van der Waals surface area contributed by atoms with E-state index in [1.165, 1.54) is 5.57 Å².